The molecular weight excluding hydrogens is 459 g/mol. The third-order valence-corrected chi connectivity index (χ3v) is 5.79. The Hall–Kier alpha value is -3.87. The normalized spacial score (nSPS) is 11.4. The minimum atomic E-state index is -0.763. The van der Waals surface area contributed by atoms with Gasteiger partial charge in [-0.3, -0.25) is 9.59 Å². The highest BCUT2D eigenvalue weighted by Crippen LogP contribution is 2.19. The van der Waals surface area contributed by atoms with Crippen molar-refractivity contribution in [2.75, 3.05) is 20.3 Å². The number of carbonyl (C=O) groups is 2. The topological polar surface area (TPSA) is 67.9 Å². The Morgan fingerprint density at radius 2 is 1.58 bits per heavy atom. The van der Waals surface area contributed by atoms with Crippen molar-refractivity contribution in [1.29, 1.82) is 0 Å². The number of ether oxygens (including phenoxy) is 2. The Morgan fingerprint density at radius 3 is 2.22 bits per heavy atom. The molecule has 0 aromatic heterocycles. The second-order valence-corrected chi connectivity index (χ2v) is 8.46. The van der Waals surface area contributed by atoms with Crippen molar-refractivity contribution in [2.24, 2.45) is 0 Å². The molecule has 0 spiro atoms. The van der Waals surface area contributed by atoms with Crippen molar-refractivity contribution in [3.63, 3.8) is 0 Å². The van der Waals surface area contributed by atoms with Crippen LogP contribution in [0.3, 0.4) is 0 Å². The fraction of sp³-hybridized carbons (Fsp3) is 0.310. The van der Waals surface area contributed by atoms with Gasteiger partial charge in [-0.1, -0.05) is 55.8 Å². The lowest BCUT2D eigenvalue weighted by Gasteiger charge is -2.31. The smallest absolute Gasteiger partial charge is 0.261 e. The van der Waals surface area contributed by atoms with Crippen LogP contribution in [0.2, 0.25) is 0 Å². The van der Waals surface area contributed by atoms with E-state index in [2.05, 4.69) is 12.2 Å². The van der Waals surface area contributed by atoms with Crippen LogP contribution in [0, 0.1) is 5.82 Å². The molecule has 1 atom stereocenters. The number of nitrogens with one attached hydrogen (secondary N) is 1. The van der Waals surface area contributed by atoms with Gasteiger partial charge in [0, 0.05) is 19.5 Å². The van der Waals surface area contributed by atoms with Crippen LogP contribution in [-0.4, -0.2) is 43.0 Å². The summed E-state index contributed by atoms with van der Waals surface area (Å²) in [6.45, 7) is 2.47. The SMILES string of the molecule is CCCCNC(=O)[C@@H](Cc1ccccc1)N(Cc1ccc(F)cc1)C(=O)COc1ccc(OC)cc1. The van der Waals surface area contributed by atoms with Crippen LogP contribution < -0.4 is 14.8 Å². The van der Waals surface area contributed by atoms with Crippen LogP contribution >= 0.6 is 0 Å². The Kier molecular flexibility index (Phi) is 10.3. The number of carbonyl (C=O) groups excluding carboxylic acids is 2. The van der Waals surface area contributed by atoms with Crippen molar-refractivity contribution in [3.8, 4) is 11.5 Å². The quantitative estimate of drug-likeness (QED) is 0.349. The monoisotopic (exact) mass is 492 g/mol. The van der Waals surface area contributed by atoms with Crippen LogP contribution in [0.1, 0.15) is 30.9 Å². The lowest BCUT2D eigenvalue weighted by molar-refractivity contribution is -0.142. The van der Waals surface area contributed by atoms with Crippen LogP contribution in [0.15, 0.2) is 78.9 Å². The maximum atomic E-state index is 13.5. The van der Waals surface area contributed by atoms with E-state index < -0.39 is 6.04 Å². The summed E-state index contributed by atoms with van der Waals surface area (Å²) in [6.07, 6.45) is 2.13. The molecule has 0 aliphatic heterocycles. The van der Waals surface area contributed by atoms with Gasteiger partial charge in [-0.15, -0.1) is 0 Å². The first-order chi connectivity index (χ1) is 17.5. The van der Waals surface area contributed by atoms with Crippen molar-refractivity contribution < 1.29 is 23.5 Å². The number of methoxy groups -OCH3 is 1. The van der Waals surface area contributed by atoms with Gasteiger partial charge in [-0.25, -0.2) is 4.39 Å². The highest BCUT2D eigenvalue weighted by atomic mass is 19.1. The molecule has 0 unspecified atom stereocenters. The number of halogens is 1. The summed E-state index contributed by atoms with van der Waals surface area (Å²) in [4.78, 5) is 28.4. The molecule has 3 aromatic carbocycles. The Bertz CT molecular complexity index is 1090. The van der Waals surface area contributed by atoms with Gasteiger partial charge in [0.1, 0.15) is 23.4 Å². The predicted octanol–water partition coefficient (Wildman–Crippen LogP) is 4.77. The van der Waals surface area contributed by atoms with E-state index in [4.69, 9.17) is 9.47 Å². The second-order valence-electron chi connectivity index (χ2n) is 8.46. The summed E-state index contributed by atoms with van der Waals surface area (Å²) in [5.41, 5.74) is 1.65. The highest BCUT2D eigenvalue weighted by Gasteiger charge is 2.30. The summed E-state index contributed by atoms with van der Waals surface area (Å²) in [7, 11) is 1.57. The molecule has 0 aliphatic carbocycles. The summed E-state index contributed by atoms with van der Waals surface area (Å²) in [5.74, 6) is 0.253. The molecular formula is C29H33FN2O4. The van der Waals surface area contributed by atoms with E-state index in [0.717, 1.165) is 18.4 Å². The van der Waals surface area contributed by atoms with E-state index in [-0.39, 0.29) is 30.8 Å². The zero-order chi connectivity index (χ0) is 25.8. The summed E-state index contributed by atoms with van der Waals surface area (Å²) < 4.78 is 24.4. The Morgan fingerprint density at radius 1 is 0.917 bits per heavy atom. The highest BCUT2D eigenvalue weighted by molar-refractivity contribution is 5.88. The number of benzene rings is 3. The van der Waals surface area contributed by atoms with Gasteiger partial charge < -0.3 is 19.7 Å². The van der Waals surface area contributed by atoms with E-state index >= 15 is 0 Å². The molecule has 3 aromatic rings. The van der Waals surface area contributed by atoms with Gasteiger partial charge in [-0.05, 0) is 53.9 Å². The predicted molar refractivity (Wildman–Crippen MR) is 137 cm³/mol. The largest absolute Gasteiger partial charge is 0.497 e. The molecule has 36 heavy (non-hydrogen) atoms. The van der Waals surface area contributed by atoms with Gasteiger partial charge in [-0.2, -0.15) is 0 Å². The van der Waals surface area contributed by atoms with Crippen LogP contribution in [-0.2, 0) is 22.6 Å². The molecule has 3 rings (SSSR count). The van der Waals surface area contributed by atoms with Crippen molar-refractivity contribution in [1.82, 2.24) is 10.2 Å². The van der Waals surface area contributed by atoms with Crippen LogP contribution in [0.25, 0.3) is 0 Å². The average Bonchev–Trinajstić information content (AvgIpc) is 2.91. The zero-order valence-electron chi connectivity index (χ0n) is 20.8. The molecule has 7 heteroatoms. The third kappa shape index (κ3) is 8.12. The summed E-state index contributed by atoms with van der Waals surface area (Å²) in [5, 5.41) is 2.97. The molecule has 6 nitrogen and oxygen atoms in total. The standard InChI is InChI=1S/C29H33FN2O4/c1-3-4-18-31-29(34)27(19-22-8-6-5-7-9-22)32(20-23-10-12-24(30)13-11-23)28(33)21-36-26-16-14-25(35-2)15-17-26/h5-17,27H,3-4,18-21H2,1-2H3,(H,31,34)/t27-/m1/s1. The molecule has 190 valence electrons. The third-order valence-electron chi connectivity index (χ3n) is 5.79. The van der Waals surface area contributed by atoms with Crippen molar-refractivity contribution >= 4 is 11.8 Å². The van der Waals surface area contributed by atoms with Crippen LogP contribution in [0.4, 0.5) is 4.39 Å². The molecule has 0 radical (unpaired) electrons. The van der Waals surface area contributed by atoms with Gasteiger partial charge in [0.25, 0.3) is 5.91 Å². The van der Waals surface area contributed by atoms with Crippen LogP contribution in [0.5, 0.6) is 11.5 Å². The van der Waals surface area contributed by atoms with Gasteiger partial charge >= 0.3 is 0 Å². The fourth-order valence-corrected chi connectivity index (χ4v) is 3.75. The molecule has 2 amide bonds. The molecule has 0 heterocycles. The first-order valence-corrected chi connectivity index (χ1v) is 12.1. The maximum absolute atomic E-state index is 13.5. The van der Waals surface area contributed by atoms with Crippen molar-refractivity contribution in [2.45, 2.75) is 38.8 Å². The van der Waals surface area contributed by atoms with Crippen molar-refractivity contribution in [3.05, 3.63) is 95.8 Å². The number of hydrogen-bond acceptors (Lipinski definition) is 4. The van der Waals surface area contributed by atoms with E-state index in [9.17, 15) is 14.0 Å². The molecule has 1 N–H and O–H groups in total. The van der Waals surface area contributed by atoms with Gasteiger partial charge in [0.15, 0.2) is 6.61 Å². The molecule has 0 saturated carbocycles. The number of unbranched alkanes of at least 4 members (excludes halogenated alkanes) is 1. The average molecular weight is 493 g/mol. The van der Waals surface area contributed by atoms with E-state index in [1.165, 1.54) is 17.0 Å². The maximum Gasteiger partial charge on any atom is 0.261 e. The minimum absolute atomic E-state index is 0.143. The number of rotatable bonds is 13. The Labute approximate surface area is 212 Å². The zero-order valence-corrected chi connectivity index (χ0v) is 20.8. The molecule has 0 fully saturated rings. The Balaban J connectivity index is 1.85. The number of hydrogen-bond donors (Lipinski definition) is 1. The van der Waals surface area contributed by atoms with E-state index in [1.807, 2.05) is 30.3 Å². The first-order valence-electron chi connectivity index (χ1n) is 12.1. The lowest BCUT2D eigenvalue weighted by atomic mass is 10.0. The molecule has 0 bridgehead atoms. The lowest BCUT2D eigenvalue weighted by Crippen LogP contribution is -2.51. The van der Waals surface area contributed by atoms with E-state index in [0.29, 0.717) is 30.0 Å². The summed E-state index contributed by atoms with van der Waals surface area (Å²) >= 11 is 0. The number of amides is 2. The minimum Gasteiger partial charge on any atom is -0.497 e. The van der Waals surface area contributed by atoms with Gasteiger partial charge in [0.2, 0.25) is 5.91 Å². The molecule has 0 saturated heterocycles. The molecule has 0 aliphatic rings. The number of nitrogens with zero attached hydrogens (tertiary/aromatic N) is 1. The fourth-order valence-electron chi connectivity index (χ4n) is 3.75. The van der Waals surface area contributed by atoms with E-state index in [1.54, 1.807) is 43.5 Å². The van der Waals surface area contributed by atoms with Gasteiger partial charge in [0.05, 0.1) is 7.11 Å². The summed E-state index contributed by atoms with van der Waals surface area (Å²) in [6, 6.07) is 21.7. The first kappa shape index (κ1) is 26.7. The second kappa shape index (κ2) is 13.9.